The van der Waals surface area contributed by atoms with Crippen molar-refractivity contribution < 1.29 is 9.59 Å². The molecular formula is C17H18BrN3O2. The minimum Gasteiger partial charge on any atom is -0.376 e. The van der Waals surface area contributed by atoms with Crippen LogP contribution in [-0.4, -0.2) is 18.4 Å². The Bertz CT molecular complexity index is 732. The smallest absolute Gasteiger partial charge is 0.243 e. The van der Waals surface area contributed by atoms with E-state index in [9.17, 15) is 9.59 Å². The molecule has 0 saturated heterocycles. The fourth-order valence-electron chi connectivity index (χ4n) is 2.02. The number of nitrogens with one attached hydrogen (secondary N) is 3. The first kappa shape index (κ1) is 17.0. The molecule has 2 aromatic rings. The van der Waals surface area contributed by atoms with Crippen molar-refractivity contribution in [3.05, 3.63) is 52.5 Å². The Kier molecular flexibility index (Phi) is 5.76. The van der Waals surface area contributed by atoms with Gasteiger partial charge in [-0.1, -0.05) is 22.0 Å². The van der Waals surface area contributed by atoms with Crippen molar-refractivity contribution in [2.45, 2.75) is 13.8 Å². The fourth-order valence-corrected chi connectivity index (χ4v) is 2.27. The summed E-state index contributed by atoms with van der Waals surface area (Å²) in [5.74, 6) is -0.276. The van der Waals surface area contributed by atoms with Gasteiger partial charge < -0.3 is 16.0 Å². The highest BCUT2D eigenvalue weighted by molar-refractivity contribution is 9.10. The number of aryl methyl sites for hydroxylation is 1. The van der Waals surface area contributed by atoms with Gasteiger partial charge >= 0.3 is 0 Å². The summed E-state index contributed by atoms with van der Waals surface area (Å²) in [6, 6.07) is 12.8. The van der Waals surface area contributed by atoms with Crippen molar-refractivity contribution in [2.24, 2.45) is 0 Å². The Hall–Kier alpha value is -2.34. The average Bonchev–Trinajstić information content (AvgIpc) is 2.49. The SMILES string of the molecule is CC(=O)Nc1cccc(NCC(=O)Nc2ccc(Br)c(C)c2)c1. The predicted molar refractivity (Wildman–Crippen MR) is 96.7 cm³/mol. The van der Waals surface area contributed by atoms with Crippen molar-refractivity contribution >= 4 is 44.8 Å². The van der Waals surface area contributed by atoms with E-state index in [1.165, 1.54) is 6.92 Å². The Balaban J connectivity index is 1.91. The second-order valence-corrected chi connectivity index (χ2v) is 5.98. The second-order valence-electron chi connectivity index (χ2n) is 5.13. The van der Waals surface area contributed by atoms with Crippen molar-refractivity contribution in [3.63, 3.8) is 0 Å². The molecule has 0 fully saturated rings. The molecule has 2 rings (SSSR count). The van der Waals surface area contributed by atoms with E-state index in [1.807, 2.05) is 37.3 Å². The van der Waals surface area contributed by atoms with Crippen LogP contribution in [-0.2, 0) is 9.59 Å². The molecule has 2 amide bonds. The first-order valence-corrected chi connectivity index (χ1v) is 7.91. The maximum absolute atomic E-state index is 12.0. The molecule has 0 aromatic heterocycles. The molecule has 23 heavy (non-hydrogen) atoms. The lowest BCUT2D eigenvalue weighted by Crippen LogP contribution is -2.21. The van der Waals surface area contributed by atoms with Crippen LogP contribution in [0.5, 0.6) is 0 Å². The maximum Gasteiger partial charge on any atom is 0.243 e. The molecule has 0 heterocycles. The van der Waals surface area contributed by atoms with E-state index in [-0.39, 0.29) is 18.4 Å². The van der Waals surface area contributed by atoms with Gasteiger partial charge in [-0.2, -0.15) is 0 Å². The van der Waals surface area contributed by atoms with Gasteiger partial charge in [-0.05, 0) is 48.9 Å². The second kappa shape index (κ2) is 7.78. The van der Waals surface area contributed by atoms with Crippen LogP contribution in [0.2, 0.25) is 0 Å². The first-order chi connectivity index (χ1) is 10.9. The van der Waals surface area contributed by atoms with E-state index in [0.29, 0.717) is 5.69 Å². The molecule has 0 aliphatic heterocycles. The number of amides is 2. The highest BCUT2D eigenvalue weighted by atomic mass is 79.9. The number of anilines is 3. The van der Waals surface area contributed by atoms with E-state index in [2.05, 4.69) is 31.9 Å². The molecule has 5 nitrogen and oxygen atoms in total. The van der Waals surface area contributed by atoms with E-state index in [4.69, 9.17) is 0 Å². The van der Waals surface area contributed by atoms with Crippen molar-refractivity contribution in [1.82, 2.24) is 0 Å². The molecule has 0 bridgehead atoms. The van der Waals surface area contributed by atoms with Gasteiger partial charge in [0.2, 0.25) is 11.8 Å². The molecule has 0 saturated carbocycles. The monoisotopic (exact) mass is 375 g/mol. The molecule has 0 aliphatic rings. The number of hydrogen-bond donors (Lipinski definition) is 3. The topological polar surface area (TPSA) is 70.2 Å². The average molecular weight is 376 g/mol. The summed E-state index contributed by atoms with van der Waals surface area (Å²) < 4.78 is 1.00. The Morgan fingerprint density at radius 3 is 2.39 bits per heavy atom. The van der Waals surface area contributed by atoms with Crippen LogP contribution in [0, 0.1) is 6.92 Å². The van der Waals surface area contributed by atoms with Gasteiger partial charge in [0.05, 0.1) is 6.54 Å². The molecular weight excluding hydrogens is 358 g/mol. The number of halogens is 1. The van der Waals surface area contributed by atoms with Gasteiger partial charge in [-0.15, -0.1) is 0 Å². The molecule has 6 heteroatoms. The van der Waals surface area contributed by atoms with Crippen LogP contribution in [0.1, 0.15) is 12.5 Å². The van der Waals surface area contributed by atoms with Gasteiger partial charge in [-0.3, -0.25) is 9.59 Å². The molecule has 2 aromatic carbocycles. The summed E-state index contributed by atoms with van der Waals surface area (Å²) >= 11 is 3.43. The summed E-state index contributed by atoms with van der Waals surface area (Å²) in [6.45, 7) is 3.55. The Morgan fingerprint density at radius 2 is 1.70 bits per heavy atom. The third kappa shape index (κ3) is 5.41. The van der Waals surface area contributed by atoms with Crippen molar-refractivity contribution in [3.8, 4) is 0 Å². The Labute approximate surface area is 143 Å². The standard InChI is InChI=1S/C17H18BrN3O2/c1-11-8-15(6-7-16(11)18)21-17(23)10-19-13-4-3-5-14(9-13)20-12(2)22/h3-9,19H,10H2,1-2H3,(H,20,22)(H,21,23). The summed E-state index contributed by atoms with van der Waals surface area (Å²) in [5, 5.41) is 8.57. The van der Waals surface area contributed by atoms with E-state index in [0.717, 1.165) is 21.4 Å². The van der Waals surface area contributed by atoms with Crippen molar-refractivity contribution in [2.75, 3.05) is 22.5 Å². The number of benzene rings is 2. The number of rotatable bonds is 5. The zero-order valence-corrected chi connectivity index (χ0v) is 14.5. The Morgan fingerprint density at radius 1 is 1.00 bits per heavy atom. The predicted octanol–water partition coefficient (Wildman–Crippen LogP) is 3.77. The largest absolute Gasteiger partial charge is 0.376 e. The molecule has 3 N–H and O–H groups in total. The number of carbonyl (C=O) groups is 2. The molecule has 0 radical (unpaired) electrons. The van der Waals surface area contributed by atoms with Gasteiger partial charge in [-0.25, -0.2) is 0 Å². The summed E-state index contributed by atoms with van der Waals surface area (Å²) in [7, 11) is 0. The van der Waals surface area contributed by atoms with Gasteiger partial charge in [0, 0.05) is 28.5 Å². The van der Waals surface area contributed by atoms with Crippen LogP contribution in [0.15, 0.2) is 46.9 Å². The molecule has 0 unspecified atom stereocenters. The summed E-state index contributed by atoms with van der Waals surface area (Å²) in [5.41, 5.74) is 3.26. The van der Waals surface area contributed by atoms with Crippen LogP contribution < -0.4 is 16.0 Å². The molecule has 0 atom stereocenters. The van der Waals surface area contributed by atoms with Gasteiger partial charge in [0.15, 0.2) is 0 Å². The van der Waals surface area contributed by atoms with E-state index in [1.54, 1.807) is 12.1 Å². The lowest BCUT2D eigenvalue weighted by Gasteiger charge is -2.10. The van der Waals surface area contributed by atoms with Gasteiger partial charge in [0.25, 0.3) is 0 Å². The molecule has 120 valence electrons. The van der Waals surface area contributed by atoms with Crippen molar-refractivity contribution in [1.29, 1.82) is 0 Å². The summed E-state index contributed by atoms with van der Waals surface area (Å²) in [4.78, 5) is 23.0. The third-order valence-corrected chi connectivity index (χ3v) is 3.97. The third-order valence-electron chi connectivity index (χ3n) is 3.08. The zero-order valence-electron chi connectivity index (χ0n) is 12.9. The minimum atomic E-state index is -0.142. The summed E-state index contributed by atoms with van der Waals surface area (Å²) in [6.07, 6.45) is 0. The maximum atomic E-state index is 12.0. The number of hydrogen-bond acceptors (Lipinski definition) is 3. The van der Waals surface area contributed by atoms with E-state index < -0.39 is 0 Å². The normalized spacial score (nSPS) is 10.0. The zero-order chi connectivity index (χ0) is 16.8. The lowest BCUT2D eigenvalue weighted by molar-refractivity contribution is -0.115. The first-order valence-electron chi connectivity index (χ1n) is 7.11. The highest BCUT2D eigenvalue weighted by Gasteiger charge is 2.04. The van der Waals surface area contributed by atoms with Crippen LogP contribution in [0.25, 0.3) is 0 Å². The molecule has 0 aliphatic carbocycles. The van der Waals surface area contributed by atoms with Crippen LogP contribution in [0.3, 0.4) is 0 Å². The fraction of sp³-hybridized carbons (Fsp3) is 0.176. The quantitative estimate of drug-likeness (QED) is 0.744. The van der Waals surface area contributed by atoms with E-state index >= 15 is 0 Å². The minimum absolute atomic E-state index is 0.134. The molecule has 0 spiro atoms. The lowest BCUT2D eigenvalue weighted by atomic mass is 10.2. The van der Waals surface area contributed by atoms with Gasteiger partial charge in [0.1, 0.15) is 0 Å². The van der Waals surface area contributed by atoms with Crippen LogP contribution in [0.4, 0.5) is 17.1 Å². The highest BCUT2D eigenvalue weighted by Crippen LogP contribution is 2.20. The number of carbonyl (C=O) groups excluding carboxylic acids is 2. The van der Waals surface area contributed by atoms with Crippen LogP contribution >= 0.6 is 15.9 Å².